The summed E-state index contributed by atoms with van der Waals surface area (Å²) in [5.74, 6) is -0.481. The predicted octanol–water partition coefficient (Wildman–Crippen LogP) is 3.26. The molecule has 0 saturated heterocycles. The van der Waals surface area contributed by atoms with Gasteiger partial charge in [0, 0.05) is 0 Å². The van der Waals surface area contributed by atoms with E-state index in [0.717, 1.165) is 18.9 Å². The average Bonchev–Trinajstić information content (AvgIpc) is 2.75. The Balaban J connectivity index is -0.00000108. The van der Waals surface area contributed by atoms with Crippen LogP contribution in [-0.2, 0) is 19.1 Å². The number of carbonyl (C=O) groups is 1. The van der Waals surface area contributed by atoms with E-state index in [1.807, 2.05) is 0 Å². The second-order valence-electron chi connectivity index (χ2n) is 7.44. The molecule has 0 bridgehead atoms. The molecular formula is C24H42NNaO4S. The molecule has 0 aromatic heterocycles. The zero-order chi connectivity index (χ0) is 22.5. The van der Waals surface area contributed by atoms with Crippen LogP contribution in [0.1, 0.15) is 91.8 Å². The first-order chi connectivity index (χ1) is 14.4. The zero-order valence-corrected chi connectivity index (χ0v) is 22.5. The number of primary amides is 1. The summed E-state index contributed by atoms with van der Waals surface area (Å²) in [6.07, 6.45) is 17.6. The Morgan fingerprint density at radius 3 is 1.68 bits per heavy atom. The smallest absolute Gasteiger partial charge is 1.00 e. The molecule has 1 amide bonds. The van der Waals surface area contributed by atoms with Gasteiger partial charge >= 0.3 is 29.6 Å². The maximum Gasteiger partial charge on any atom is 1.00 e. The van der Waals surface area contributed by atoms with Crippen molar-refractivity contribution in [2.24, 2.45) is 5.73 Å². The predicted molar refractivity (Wildman–Crippen MR) is 126 cm³/mol. The first-order valence-corrected chi connectivity index (χ1v) is 12.7. The topological polar surface area (TPSA) is 86.5 Å². The van der Waals surface area contributed by atoms with Crippen LogP contribution in [0.2, 0.25) is 0 Å². The minimum absolute atomic E-state index is 0. The van der Waals surface area contributed by atoms with E-state index in [1.54, 1.807) is 30.3 Å². The van der Waals surface area contributed by atoms with Crippen molar-refractivity contribution in [2.45, 2.75) is 95.3 Å². The molecule has 0 fully saturated rings. The minimum Gasteiger partial charge on any atom is -1.00 e. The van der Waals surface area contributed by atoms with E-state index in [9.17, 15) is 13.2 Å². The van der Waals surface area contributed by atoms with Crippen molar-refractivity contribution in [2.75, 3.05) is 6.61 Å². The summed E-state index contributed by atoms with van der Waals surface area (Å²) < 4.78 is 28.9. The van der Waals surface area contributed by atoms with Gasteiger partial charge in [-0.2, -0.15) is 8.42 Å². The van der Waals surface area contributed by atoms with Gasteiger partial charge in [-0.25, -0.2) is 0 Å². The van der Waals surface area contributed by atoms with E-state index in [1.165, 1.54) is 70.6 Å². The quantitative estimate of drug-likeness (QED) is 0.166. The van der Waals surface area contributed by atoms with Crippen LogP contribution in [-0.4, -0.2) is 20.9 Å². The minimum atomic E-state index is -3.58. The van der Waals surface area contributed by atoms with Gasteiger partial charge in [0.05, 0.1) is 11.5 Å². The summed E-state index contributed by atoms with van der Waals surface area (Å²) in [4.78, 5) is 9.71. The number of hydrogen-bond acceptors (Lipinski definition) is 4. The average molecular weight is 464 g/mol. The number of amides is 1. The van der Waals surface area contributed by atoms with Gasteiger partial charge < -0.3 is 7.16 Å². The van der Waals surface area contributed by atoms with Crippen molar-refractivity contribution in [3.8, 4) is 0 Å². The summed E-state index contributed by atoms with van der Waals surface area (Å²) in [5.41, 5.74) is 4.53. The van der Waals surface area contributed by atoms with Gasteiger partial charge in [-0.1, -0.05) is 109 Å². The maximum atomic E-state index is 11.9. The monoisotopic (exact) mass is 463 g/mol. The van der Waals surface area contributed by atoms with Crippen LogP contribution in [0.5, 0.6) is 0 Å². The Kier molecular flexibility index (Phi) is 23.6. The van der Waals surface area contributed by atoms with E-state index < -0.39 is 16.0 Å². The molecule has 1 aromatic rings. The molecule has 0 saturated carbocycles. The Labute approximate surface area is 214 Å². The van der Waals surface area contributed by atoms with E-state index in [4.69, 9.17) is 4.18 Å². The van der Waals surface area contributed by atoms with Gasteiger partial charge in [0.2, 0.25) is 5.91 Å². The van der Waals surface area contributed by atoms with Gasteiger partial charge in [0.15, 0.2) is 0 Å². The standard InChI is InChI=1S/C21H36O3S.C3H5NO.Na.H/c1-2-3-4-5-6-7-8-9-10-11-12-13-17-20-24-25(22,23)21-18-15-14-16-19-21;1-2-3(4)5;;/h14-16,18-19H,2-13,17,20H2,1H3;2H,1H2,(H2,4,5);;/q;;+1;-1. The van der Waals surface area contributed by atoms with Gasteiger partial charge in [-0.3, -0.25) is 8.98 Å². The molecule has 0 aliphatic rings. The summed E-state index contributed by atoms with van der Waals surface area (Å²) in [6, 6.07) is 8.35. The Morgan fingerprint density at radius 1 is 0.903 bits per heavy atom. The second kappa shape index (κ2) is 22.5. The first kappa shape index (κ1) is 32.5. The third-order valence-corrected chi connectivity index (χ3v) is 6.05. The SMILES string of the molecule is C=CC(N)=O.CCCCCCCCCCCCCCCOS(=O)(=O)c1ccccc1.[H-].[Na+]. The molecule has 0 heterocycles. The fourth-order valence-corrected chi connectivity index (χ4v) is 3.91. The third kappa shape index (κ3) is 21.0. The number of unbranched alkanes of at least 4 members (excludes halogenated alkanes) is 12. The van der Waals surface area contributed by atoms with E-state index >= 15 is 0 Å². The molecule has 31 heavy (non-hydrogen) atoms. The largest absolute Gasteiger partial charge is 1.00 e. The van der Waals surface area contributed by atoms with Crippen LogP contribution >= 0.6 is 0 Å². The number of hydrogen-bond donors (Lipinski definition) is 1. The fraction of sp³-hybridized carbons (Fsp3) is 0.625. The van der Waals surface area contributed by atoms with Crippen molar-refractivity contribution in [1.82, 2.24) is 0 Å². The van der Waals surface area contributed by atoms with Gasteiger partial charge in [-0.15, -0.1) is 0 Å². The van der Waals surface area contributed by atoms with Gasteiger partial charge in [0.1, 0.15) is 0 Å². The Hall–Kier alpha value is -0.660. The van der Waals surface area contributed by atoms with Crippen LogP contribution in [0, 0.1) is 0 Å². The van der Waals surface area contributed by atoms with E-state index in [-0.39, 0.29) is 42.5 Å². The molecule has 1 aromatic carbocycles. The number of nitrogens with two attached hydrogens (primary N) is 1. The fourth-order valence-electron chi connectivity index (χ4n) is 2.94. The summed E-state index contributed by atoms with van der Waals surface area (Å²) in [7, 11) is -3.58. The van der Waals surface area contributed by atoms with Crippen molar-refractivity contribution in [3.05, 3.63) is 43.0 Å². The van der Waals surface area contributed by atoms with Crippen molar-refractivity contribution < 1.29 is 48.4 Å². The van der Waals surface area contributed by atoms with Crippen LogP contribution < -0.4 is 35.3 Å². The molecular weight excluding hydrogens is 421 g/mol. The van der Waals surface area contributed by atoms with Crippen LogP contribution in [0.3, 0.4) is 0 Å². The van der Waals surface area contributed by atoms with E-state index in [2.05, 4.69) is 19.2 Å². The molecule has 0 unspecified atom stereocenters. The summed E-state index contributed by atoms with van der Waals surface area (Å²) in [6.45, 7) is 5.63. The zero-order valence-electron chi connectivity index (χ0n) is 20.7. The van der Waals surface area contributed by atoms with E-state index in [0.29, 0.717) is 0 Å². The van der Waals surface area contributed by atoms with Gasteiger partial charge in [0.25, 0.3) is 10.1 Å². The summed E-state index contributed by atoms with van der Waals surface area (Å²) >= 11 is 0. The Morgan fingerprint density at radius 2 is 1.29 bits per heavy atom. The van der Waals surface area contributed by atoms with Crippen LogP contribution in [0.15, 0.2) is 47.9 Å². The van der Waals surface area contributed by atoms with Crippen LogP contribution in [0.4, 0.5) is 0 Å². The number of rotatable bonds is 17. The molecule has 0 spiro atoms. The molecule has 0 aliphatic heterocycles. The number of benzene rings is 1. The molecule has 0 aliphatic carbocycles. The summed E-state index contributed by atoms with van der Waals surface area (Å²) in [5, 5.41) is 0. The molecule has 174 valence electrons. The van der Waals surface area contributed by atoms with Gasteiger partial charge in [-0.05, 0) is 24.6 Å². The second-order valence-corrected chi connectivity index (χ2v) is 9.05. The molecule has 0 radical (unpaired) electrons. The third-order valence-electron chi connectivity index (χ3n) is 4.72. The van der Waals surface area contributed by atoms with Crippen molar-refractivity contribution >= 4 is 16.0 Å². The Bertz CT molecular complexity index is 657. The van der Waals surface area contributed by atoms with Crippen molar-refractivity contribution in [3.63, 3.8) is 0 Å². The molecule has 2 N–H and O–H groups in total. The first-order valence-electron chi connectivity index (χ1n) is 11.3. The normalized spacial score (nSPS) is 10.5. The van der Waals surface area contributed by atoms with Crippen LogP contribution in [0.25, 0.3) is 0 Å². The number of carbonyl (C=O) groups excluding carboxylic acids is 1. The van der Waals surface area contributed by atoms with Crippen molar-refractivity contribution in [1.29, 1.82) is 0 Å². The molecule has 0 atom stereocenters. The molecule has 7 heteroatoms. The maximum absolute atomic E-state index is 11.9. The molecule has 5 nitrogen and oxygen atoms in total. The molecule has 1 rings (SSSR count).